The van der Waals surface area contributed by atoms with E-state index in [1.165, 1.54) is 12.8 Å². The molecule has 1 amide bonds. The lowest BCUT2D eigenvalue weighted by Gasteiger charge is -2.48. The van der Waals surface area contributed by atoms with E-state index in [4.69, 9.17) is 4.52 Å². The number of amides is 1. The average Bonchev–Trinajstić information content (AvgIpc) is 3.43. The largest absolute Gasteiger partial charge is 0.391 e. The molecule has 1 spiro atoms. The van der Waals surface area contributed by atoms with Gasteiger partial charge in [0.15, 0.2) is 5.76 Å². The Morgan fingerprint density at radius 1 is 1.28 bits per heavy atom. The quantitative estimate of drug-likeness (QED) is 0.835. The Morgan fingerprint density at radius 3 is 2.83 bits per heavy atom. The Morgan fingerprint density at radius 2 is 2.10 bits per heavy atom. The number of carbonyl (C=O) groups is 1. The fourth-order valence-corrected chi connectivity index (χ4v) is 4.86. The van der Waals surface area contributed by atoms with Gasteiger partial charge in [0.2, 0.25) is 5.91 Å². The first-order valence-electron chi connectivity index (χ1n) is 10.7. The van der Waals surface area contributed by atoms with Gasteiger partial charge in [-0.1, -0.05) is 5.16 Å². The summed E-state index contributed by atoms with van der Waals surface area (Å²) >= 11 is 0. The summed E-state index contributed by atoms with van der Waals surface area (Å²) < 4.78 is 5.53. The van der Waals surface area contributed by atoms with Crippen LogP contribution in [0.1, 0.15) is 37.9 Å². The van der Waals surface area contributed by atoms with Crippen LogP contribution in [0, 0.1) is 11.3 Å². The molecular weight excluding hydrogens is 368 g/mol. The van der Waals surface area contributed by atoms with Crippen LogP contribution in [0.25, 0.3) is 11.3 Å². The zero-order valence-corrected chi connectivity index (χ0v) is 16.7. The van der Waals surface area contributed by atoms with E-state index in [-0.39, 0.29) is 11.3 Å². The van der Waals surface area contributed by atoms with Crippen molar-refractivity contribution in [1.82, 2.24) is 19.9 Å². The number of pyridine rings is 1. The van der Waals surface area contributed by atoms with E-state index >= 15 is 0 Å². The molecule has 2 aromatic heterocycles. The minimum Gasteiger partial charge on any atom is -0.391 e. The summed E-state index contributed by atoms with van der Waals surface area (Å²) in [6.07, 6.45) is 7.77. The van der Waals surface area contributed by atoms with Crippen molar-refractivity contribution in [2.75, 3.05) is 26.2 Å². The second-order valence-corrected chi connectivity index (χ2v) is 8.99. The summed E-state index contributed by atoms with van der Waals surface area (Å²) in [4.78, 5) is 21.6. The lowest BCUT2D eigenvalue weighted by Crippen LogP contribution is -2.57. The smallest absolute Gasteiger partial charge is 0.229 e. The average molecular weight is 396 g/mol. The molecule has 2 saturated heterocycles. The van der Waals surface area contributed by atoms with Gasteiger partial charge in [-0.25, -0.2) is 0 Å². The number of aliphatic hydroxyl groups excluding tert-OH is 1. The van der Waals surface area contributed by atoms with Crippen LogP contribution in [-0.2, 0) is 11.3 Å². The maximum Gasteiger partial charge on any atom is 0.229 e. The first-order chi connectivity index (χ1) is 14.1. The van der Waals surface area contributed by atoms with Crippen molar-refractivity contribution in [2.24, 2.45) is 11.3 Å². The summed E-state index contributed by atoms with van der Waals surface area (Å²) in [6, 6.07) is 5.82. The third kappa shape index (κ3) is 3.94. The summed E-state index contributed by atoms with van der Waals surface area (Å²) in [5.41, 5.74) is 1.35. The Balaban J connectivity index is 1.21. The number of hydrogen-bond donors (Lipinski definition) is 1. The number of rotatable bonds is 5. The standard InChI is InChI=1S/C22H28N4O3/c27-18-11-22(21(28)26(14-18)13-16-3-4-16)5-8-25(9-6-22)15-19-10-20(24-29-19)17-2-1-7-23-12-17/h1-2,7,10,12,16,18,27H,3-6,8-9,11,13-15H2. The second-order valence-electron chi connectivity index (χ2n) is 8.99. The van der Waals surface area contributed by atoms with Crippen LogP contribution in [0.2, 0.25) is 0 Å². The lowest BCUT2D eigenvalue weighted by molar-refractivity contribution is -0.157. The molecule has 0 radical (unpaired) electrons. The molecule has 7 nitrogen and oxygen atoms in total. The predicted octanol–water partition coefficient (Wildman–Crippen LogP) is 2.32. The van der Waals surface area contributed by atoms with Crippen molar-refractivity contribution in [2.45, 2.75) is 44.8 Å². The van der Waals surface area contributed by atoms with Gasteiger partial charge >= 0.3 is 0 Å². The lowest BCUT2D eigenvalue weighted by atomic mass is 9.70. The van der Waals surface area contributed by atoms with Gasteiger partial charge in [-0.15, -0.1) is 0 Å². The molecule has 1 N–H and O–H groups in total. The highest BCUT2D eigenvalue weighted by Gasteiger charge is 2.49. The van der Waals surface area contributed by atoms with Crippen LogP contribution in [0.5, 0.6) is 0 Å². The van der Waals surface area contributed by atoms with Gasteiger partial charge in [0.1, 0.15) is 5.69 Å². The van der Waals surface area contributed by atoms with Crippen LogP contribution >= 0.6 is 0 Å². The number of nitrogens with zero attached hydrogens (tertiary/aromatic N) is 4. The number of aromatic nitrogens is 2. The van der Waals surface area contributed by atoms with Crippen molar-refractivity contribution in [3.05, 3.63) is 36.4 Å². The predicted molar refractivity (Wildman–Crippen MR) is 107 cm³/mol. The van der Waals surface area contributed by atoms with Crippen molar-refractivity contribution in [3.63, 3.8) is 0 Å². The molecule has 4 heterocycles. The van der Waals surface area contributed by atoms with Crippen molar-refractivity contribution < 1.29 is 14.4 Å². The highest BCUT2D eigenvalue weighted by molar-refractivity contribution is 5.84. The number of aliphatic hydroxyl groups is 1. The minimum atomic E-state index is -0.394. The summed E-state index contributed by atoms with van der Waals surface area (Å²) in [5.74, 6) is 1.75. The van der Waals surface area contributed by atoms with E-state index in [1.807, 2.05) is 23.1 Å². The second kappa shape index (κ2) is 7.54. The molecule has 7 heteroatoms. The molecule has 0 aromatic carbocycles. The number of hydrogen-bond acceptors (Lipinski definition) is 6. The van der Waals surface area contributed by atoms with Crippen LogP contribution in [0.15, 0.2) is 35.1 Å². The van der Waals surface area contributed by atoms with Gasteiger partial charge in [0, 0.05) is 37.1 Å². The first kappa shape index (κ1) is 18.8. The van der Waals surface area contributed by atoms with Crippen molar-refractivity contribution in [1.29, 1.82) is 0 Å². The minimum absolute atomic E-state index is 0.271. The fourth-order valence-electron chi connectivity index (χ4n) is 4.86. The Hall–Kier alpha value is -2.25. The number of likely N-dealkylation sites (tertiary alicyclic amines) is 2. The SMILES string of the molecule is O=C1N(CC2CC2)CC(O)CC12CCN(Cc1cc(-c3cccnc3)no1)CC2. The topological polar surface area (TPSA) is 82.7 Å². The van der Waals surface area contributed by atoms with Crippen LogP contribution in [0.3, 0.4) is 0 Å². The van der Waals surface area contributed by atoms with Crippen molar-refractivity contribution >= 4 is 5.91 Å². The van der Waals surface area contributed by atoms with E-state index in [0.29, 0.717) is 25.4 Å². The third-order valence-corrected chi connectivity index (χ3v) is 6.68. The summed E-state index contributed by atoms with van der Waals surface area (Å²) in [7, 11) is 0. The highest BCUT2D eigenvalue weighted by atomic mass is 16.5. The molecule has 1 saturated carbocycles. The molecular formula is C22H28N4O3. The van der Waals surface area contributed by atoms with E-state index in [9.17, 15) is 9.90 Å². The molecule has 1 aliphatic carbocycles. The molecule has 0 bridgehead atoms. The van der Waals surface area contributed by atoms with Gasteiger partial charge in [-0.05, 0) is 63.2 Å². The van der Waals surface area contributed by atoms with Crippen LogP contribution < -0.4 is 0 Å². The van der Waals surface area contributed by atoms with E-state index in [0.717, 1.165) is 49.5 Å². The zero-order valence-electron chi connectivity index (χ0n) is 16.7. The molecule has 3 aliphatic rings. The zero-order chi connectivity index (χ0) is 19.8. The van der Waals surface area contributed by atoms with Gasteiger partial charge < -0.3 is 14.5 Å². The van der Waals surface area contributed by atoms with Crippen LogP contribution in [0.4, 0.5) is 0 Å². The Bertz CT molecular complexity index is 854. The molecule has 2 aliphatic heterocycles. The van der Waals surface area contributed by atoms with Gasteiger partial charge in [-0.3, -0.25) is 14.7 Å². The Kier molecular flexibility index (Phi) is 4.87. The molecule has 3 fully saturated rings. The first-order valence-corrected chi connectivity index (χ1v) is 10.7. The third-order valence-electron chi connectivity index (χ3n) is 6.68. The maximum absolute atomic E-state index is 13.2. The van der Waals surface area contributed by atoms with E-state index in [1.54, 1.807) is 12.4 Å². The molecule has 5 rings (SSSR count). The van der Waals surface area contributed by atoms with Gasteiger partial charge in [0.25, 0.3) is 0 Å². The molecule has 1 atom stereocenters. The molecule has 1 unspecified atom stereocenters. The van der Waals surface area contributed by atoms with Crippen molar-refractivity contribution in [3.8, 4) is 11.3 Å². The normalized spacial score (nSPS) is 24.9. The van der Waals surface area contributed by atoms with Gasteiger partial charge in [0.05, 0.1) is 18.1 Å². The van der Waals surface area contributed by atoms with Crippen LogP contribution in [-0.4, -0.2) is 63.2 Å². The molecule has 154 valence electrons. The summed E-state index contributed by atoms with van der Waals surface area (Å²) in [6.45, 7) is 3.69. The van der Waals surface area contributed by atoms with E-state index < -0.39 is 6.10 Å². The number of β-amino-alcohol motifs (C(OH)–C–C–N with tert-alkyl or cyclic N) is 1. The fraction of sp³-hybridized carbons (Fsp3) is 0.591. The molecule has 2 aromatic rings. The highest BCUT2D eigenvalue weighted by Crippen LogP contribution is 2.42. The number of piperidine rings is 2. The van der Waals surface area contributed by atoms with E-state index in [2.05, 4.69) is 15.0 Å². The Labute approximate surface area is 170 Å². The maximum atomic E-state index is 13.2. The monoisotopic (exact) mass is 396 g/mol. The molecule has 29 heavy (non-hydrogen) atoms. The number of carbonyl (C=O) groups excluding carboxylic acids is 1. The van der Waals surface area contributed by atoms with Gasteiger partial charge in [-0.2, -0.15) is 0 Å². The summed E-state index contributed by atoms with van der Waals surface area (Å²) in [5, 5.41) is 14.6.